The number of ether oxygens (including phenoxy) is 1. The summed E-state index contributed by atoms with van der Waals surface area (Å²) in [4.78, 5) is 26.8. The number of para-hydroxylation sites is 2. The molecule has 0 radical (unpaired) electrons. The second kappa shape index (κ2) is 6.23. The van der Waals surface area contributed by atoms with Crippen LogP contribution in [0.25, 0.3) is 11.0 Å². The molecule has 8 nitrogen and oxygen atoms in total. The lowest BCUT2D eigenvalue weighted by Gasteiger charge is -2.33. The molecule has 2 saturated heterocycles. The summed E-state index contributed by atoms with van der Waals surface area (Å²) in [6.45, 7) is 3.51. The van der Waals surface area contributed by atoms with E-state index in [0.717, 1.165) is 37.0 Å². The Hall–Kier alpha value is -2.61. The molecule has 8 heteroatoms. The number of benzene rings is 1. The lowest BCUT2D eigenvalue weighted by atomic mass is 9.93. The Morgan fingerprint density at radius 2 is 2.07 bits per heavy atom. The Labute approximate surface area is 157 Å². The highest BCUT2D eigenvalue weighted by Gasteiger charge is 2.45. The SMILES string of the molecule is CC(N=C1NNC(c2nc3ccccc3[nH]2)O1)C(=O)N1CCC2(CC1)CC2. The maximum Gasteiger partial charge on any atom is 0.302 e. The summed E-state index contributed by atoms with van der Waals surface area (Å²) in [6.07, 6.45) is 4.46. The van der Waals surface area contributed by atoms with Gasteiger partial charge in [-0.25, -0.2) is 9.98 Å². The highest BCUT2D eigenvalue weighted by Crippen LogP contribution is 2.53. The zero-order valence-corrected chi connectivity index (χ0v) is 15.4. The van der Waals surface area contributed by atoms with E-state index in [9.17, 15) is 4.79 Å². The van der Waals surface area contributed by atoms with Gasteiger partial charge in [0.15, 0.2) is 5.82 Å². The van der Waals surface area contributed by atoms with Crippen molar-refractivity contribution in [1.29, 1.82) is 0 Å². The number of hydrazine groups is 1. The molecular weight excluding hydrogens is 344 g/mol. The molecular formula is C19H24N6O2. The zero-order valence-electron chi connectivity index (χ0n) is 15.4. The van der Waals surface area contributed by atoms with E-state index in [4.69, 9.17) is 4.74 Å². The molecule has 3 aliphatic rings. The summed E-state index contributed by atoms with van der Waals surface area (Å²) in [5.74, 6) is 0.731. The Bertz CT molecular complexity index is 859. The maximum atomic E-state index is 12.7. The number of hydrogen-bond donors (Lipinski definition) is 3. The fourth-order valence-corrected chi connectivity index (χ4v) is 3.95. The van der Waals surface area contributed by atoms with Crippen molar-refractivity contribution in [3.8, 4) is 0 Å². The molecule has 2 atom stereocenters. The Balaban J connectivity index is 1.22. The number of aromatic nitrogens is 2. The zero-order chi connectivity index (χ0) is 18.4. The molecule has 1 saturated carbocycles. The molecule has 1 aliphatic carbocycles. The number of amidine groups is 1. The minimum absolute atomic E-state index is 0.0654. The minimum Gasteiger partial charge on any atom is -0.436 e. The molecule has 2 aromatic rings. The molecule has 0 bridgehead atoms. The lowest BCUT2D eigenvalue weighted by Crippen LogP contribution is -2.43. The first-order valence-corrected chi connectivity index (χ1v) is 9.61. The van der Waals surface area contributed by atoms with Crippen LogP contribution in [0.5, 0.6) is 0 Å². The molecule has 2 aliphatic heterocycles. The van der Waals surface area contributed by atoms with E-state index in [0.29, 0.717) is 17.3 Å². The number of aliphatic imine (C=N–C) groups is 1. The average Bonchev–Trinajstić information content (AvgIpc) is 3.10. The summed E-state index contributed by atoms with van der Waals surface area (Å²) in [5.41, 5.74) is 8.30. The van der Waals surface area contributed by atoms with Crippen molar-refractivity contribution in [2.24, 2.45) is 10.4 Å². The van der Waals surface area contributed by atoms with Crippen LogP contribution in [-0.2, 0) is 9.53 Å². The Kier molecular flexibility index (Phi) is 3.82. The van der Waals surface area contributed by atoms with Crippen molar-refractivity contribution in [1.82, 2.24) is 25.7 Å². The first-order chi connectivity index (χ1) is 13.1. The first-order valence-electron chi connectivity index (χ1n) is 9.61. The summed E-state index contributed by atoms with van der Waals surface area (Å²) >= 11 is 0. The number of rotatable bonds is 3. The number of hydrogen-bond acceptors (Lipinski definition) is 5. The van der Waals surface area contributed by atoms with Crippen molar-refractivity contribution in [3.05, 3.63) is 30.1 Å². The van der Waals surface area contributed by atoms with Crippen LogP contribution in [0.3, 0.4) is 0 Å². The van der Waals surface area contributed by atoms with Crippen LogP contribution in [0.4, 0.5) is 0 Å². The molecule has 5 rings (SSSR count). The number of aromatic amines is 1. The van der Waals surface area contributed by atoms with E-state index in [1.807, 2.05) is 36.1 Å². The van der Waals surface area contributed by atoms with Crippen LogP contribution in [-0.4, -0.2) is 45.9 Å². The number of piperidine rings is 1. The molecule has 1 aromatic carbocycles. The topological polar surface area (TPSA) is 94.6 Å². The quantitative estimate of drug-likeness (QED) is 0.768. The van der Waals surface area contributed by atoms with Crippen LogP contribution in [0.15, 0.2) is 29.3 Å². The van der Waals surface area contributed by atoms with E-state index in [2.05, 4.69) is 25.8 Å². The molecule has 27 heavy (non-hydrogen) atoms. The second-order valence-electron chi connectivity index (χ2n) is 7.84. The largest absolute Gasteiger partial charge is 0.436 e. The summed E-state index contributed by atoms with van der Waals surface area (Å²) in [7, 11) is 0. The standard InChI is InChI=1S/C19H24N6O2/c1-12(17(26)25-10-8-19(6-7-19)9-11-25)20-18-24-23-16(27-18)15-21-13-4-2-3-5-14(13)22-15/h2-5,12,16,23H,6-11H2,1H3,(H,20,24)(H,21,22). The van der Waals surface area contributed by atoms with Crippen LogP contribution in [0.2, 0.25) is 0 Å². The molecule has 142 valence electrons. The molecule has 1 amide bonds. The van der Waals surface area contributed by atoms with E-state index < -0.39 is 12.3 Å². The highest BCUT2D eigenvalue weighted by atomic mass is 16.5. The third kappa shape index (κ3) is 3.14. The Morgan fingerprint density at radius 1 is 1.30 bits per heavy atom. The van der Waals surface area contributed by atoms with Gasteiger partial charge in [-0.15, -0.1) is 0 Å². The number of fused-ring (bicyclic) bond motifs is 1. The molecule has 2 unspecified atom stereocenters. The third-order valence-electron chi connectivity index (χ3n) is 5.96. The van der Waals surface area contributed by atoms with E-state index in [1.54, 1.807) is 0 Å². The second-order valence-corrected chi connectivity index (χ2v) is 7.84. The van der Waals surface area contributed by atoms with E-state index in [-0.39, 0.29) is 5.91 Å². The van der Waals surface area contributed by atoms with Gasteiger partial charge < -0.3 is 14.6 Å². The monoisotopic (exact) mass is 368 g/mol. The number of amides is 1. The number of imidazole rings is 1. The van der Waals surface area contributed by atoms with Gasteiger partial charge in [0, 0.05) is 13.1 Å². The van der Waals surface area contributed by atoms with Gasteiger partial charge >= 0.3 is 6.02 Å². The highest BCUT2D eigenvalue weighted by molar-refractivity contribution is 5.85. The van der Waals surface area contributed by atoms with Gasteiger partial charge in [0.25, 0.3) is 0 Å². The van der Waals surface area contributed by atoms with Crippen LogP contribution in [0.1, 0.15) is 44.7 Å². The normalized spacial score (nSPS) is 26.2. The smallest absolute Gasteiger partial charge is 0.302 e. The Morgan fingerprint density at radius 3 is 2.81 bits per heavy atom. The van der Waals surface area contributed by atoms with Crippen molar-refractivity contribution >= 4 is 23.0 Å². The summed E-state index contributed by atoms with van der Waals surface area (Å²) < 4.78 is 5.79. The van der Waals surface area contributed by atoms with Crippen molar-refractivity contribution in [2.45, 2.75) is 44.9 Å². The first kappa shape index (κ1) is 16.6. The lowest BCUT2D eigenvalue weighted by molar-refractivity contribution is -0.133. The predicted octanol–water partition coefficient (Wildman–Crippen LogP) is 1.83. The summed E-state index contributed by atoms with van der Waals surface area (Å²) in [6, 6.07) is 7.65. The fourth-order valence-electron chi connectivity index (χ4n) is 3.95. The molecule has 3 fully saturated rings. The molecule has 3 N–H and O–H groups in total. The van der Waals surface area contributed by atoms with E-state index in [1.165, 1.54) is 12.8 Å². The number of likely N-dealkylation sites (tertiary alicyclic amines) is 1. The molecule has 3 heterocycles. The van der Waals surface area contributed by atoms with Gasteiger partial charge in [0.1, 0.15) is 6.04 Å². The van der Waals surface area contributed by atoms with Crippen LogP contribution in [0, 0.1) is 5.41 Å². The van der Waals surface area contributed by atoms with Gasteiger partial charge in [0.05, 0.1) is 11.0 Å². The average molecular weight is 368 g/mol. The maximum absolute atomic E-state index is 12.7. The molecule has 1 spiro atoms. The number of nitrogens with zero attached hydrogens (tertiary/aromatic N) is 3. The summed E-state index contributed by atoms with van der Waals surface area (Å²) in [5, 5.41) is 0. The van der Waals surface area contributed by atoms with Gasteiger partial charge in [-0.1, -0.05) is 12.1 Å². The van der Waals surface area contributed by atoms with Crippen LogP contribution < -0.4 is 10.9 Å². The number of H-pyrrole nitrogens is 1. The van der Waals surface area contributed by atoms with Gasteiger partial charge in [0.2, 0.25) is 12.1 Å². The van der Waals surface area contributed by atoms with Crippen molar-refractivity contribution in [3.63, 3.8) is 0 Å². The number of carbonyl (C=O) groups excluding carboxylic acids is 1. The van der Waals surface area contributed by atoms with Gasteiger partial charge in [-0.2, -0.15) is 5.43 Å². The number of carbonyl (C=O) groups is 1. The van der Waals surface area contributed by atoms with E-state index >= 15 is 0 Å². The van der Waals surface area contributed by atoms with Crippen molar-refractivity contribution < 1.29 is 9.53 Å². The number of nitrogens with one attached hydrogen (secondary N) is 3. The van der Waals surface area contributed by atoms with Crippen molar-refractivity contribution in [2.75, 3.05) is 13.1 Å². The third-order valence-corrected chi connectivity index (χ3v) is 5.96. The van der Waals surface area contributed by atoms with Gasteiger partial charge in [-0.05, 0) is 50.2 Å². The fraction of sp³-hybridized carbons (Fsp3) is 0.526. The minimum atomic E-state index is -0.475. The molecule has 1 aromatic heterocycles. The van der Waals surface area contributed by atoms with Gasteiger partial charge in [-0.3, -0.25) is 10.2 Å². The predicted molar refractivity (Wildman–Crippen MR) is 101 cm³/mol. The van der Waals surface area contributed by atoms with Crippen LogP contribution >= 0.6 is 0 Å².